The molecule has 0 heterocycles. The number of hydrogen-bond acceptors (Lipinski definition) is 7. The average Bonchev–Trinajstić information content (AvgIpc) is 2.91. The van der Waals surface area contributed by atoms with E-state index in [2.05, 4.69) is 4.18 Å². The molecule has 236 valence electrons. The smallest absolute Gasteiger partial charge is 0.377 e. The molecule has 0 saturated heterocycles. The van der Waals surface area contributed by atoms with Crippen molar-refractivity contribution in [1.29, 1.82) is 0 Å². The van der Waals surface area contributed by atoms with Crippen LogP contribution in [-0.4, -0.2) is 50.0 Å². The monoisotopic (exact) mass is 640 g/mol. The fraction of sp³-hybridized carbons (Fsp3) is 0.760. The summed E-state index contributed by atoms with van der Waals surface area (Å²) in [6.45, 7) is 1.00. The van der Waals surface area contributed by atoms with Gasteiger partial charge in [-0.25, -0.2) is 0 Å². The Morgan fingerprint density at radius 2 is 1.17 bits per heavy atom. The standard InChI is InChI=1S/C25H34F6O8S2/c1-2-17-13-18(15-37-20-9-5-3-6-10-20)22(19(14-17)16-38-21-11-7-4-8-12-21)39-41(35,36)25(30,31)23(26,27)24(28,29)40(32,33)34/h13-14,20-21H,2-12,15-16H2,1H3,(H,32,33,34). The second kappa shape index (κ2) is 12.9. The summed E-state index contributed by atoms with van der Waals surface area (Å²) < 4.78 is 157. The zero-order valence-corrected chi connectivity index (χ0v) is 24.0. The lowest BCUT2D eigenvalue weighted by molar-refractivity contribution is -0.247. The van der Waals surface area contributed by atoms with E-state index < -0.39 is 42.4 Å². The van der Waals surface area contributed by atoms with E-state index in [0.717, 1.165) is 38.5 Å². The molecule has 16 heteroatoms. The molecule has 0 aromatic heterocycles. The van der Waals surface area contributed by atoms with Crippen molar-refractivity contribution in [1.82, 2.24) is 0 Å². The largest absolute Gasteiger partial charge is 0.450 e. The fourth-order valence-electron chi connectivity index (χ4n) is 4.88. The number of hydrogen-bond donors (Lipinski definition) is 1. The number of ether oxygens (including phenoxy) is 2. The predicted octanol–water partition coefficient (Wildman–Crippen LogP) is 6.36. The first kappa shape index (κ1) is 33.9. The first-order chi connectivity index (χ1) is 18.9. The van der Waals surface area contributed by atoms with Crippen LogP contribution < -0.4 is 4.18 Å². The lowest BCUT2D eigenvalue weighted by Crippen LogP contribution is -2.61. The Morgan fingerprint density at radius 3 is 1.54 bits per heavy atom. The van der Waals surface area contributed by atoms with Crippen LogP contribution >= 0.6 is 0 Å². The van der Waals surface area contributed by atoms with E-state index in [-0.39, 0.29) is 36.5 Å². The molecule has 0 radical (unpaired) electrons. The molecular weight excluding hydrogens is 606 g/mol. The van der Waals surface area contributed by atoms with Crippen molar-refractivity contribution in [2.75, 3.05) is 0 Å². The van der Waals surface area contributed by atoms with Crippen LogP contribution in [0.25, 0.3) is 0 Å². The van der Waals surface area contributed by atoms with Crippen LogP contribution in [0, 0.1) is 0 Å². The van der Waals surface area contributed by atoms with E-state index in [0.29, 0.717) is 37.7 Å². The van der Waals surface area contributed by atoms with Crippen molar-refractivity contribution < 1.29 is 61.4 Å². The van der Waals surface area contributed by atoms with Crippen LogP contribution in [0.15, 0.2) is 12.1 Å². The number of aryl methyl sites for hydroxylation is 1. The van der Waals surface area contributed by atoms with Gasteiger partial charge in [0.25, 0.3) is 0 Å². The van der Waals surface area contributed by atoms with E-state index >= 15 is 0 Å². The lowest BCUT2D eigenvalue weighted by Gasteiger charge is -2.30. The second-order valence-electron chi connectivity index (χ2n) is 10.4. The van der Waals surface area contributed by atoms with Crippen LogP contribution in [0.5, 0.6) is 5.75 Å². The summed E-state index contributed by atoms with van der Waals surface area (Å²) in [6.07, 6.45) is 8.00. The number of rotatable bonds is 13. The zero-order chi connectivity index (χ0) is 30.7. The van der Waals surface area contributed by atoms with Gasteiger partial charge in [-0.15, -0.1) is 0 Å². The topological polar surface area (TPSA) is 116 Å². The normalized spacial score (nSPS) is 18.9. The minimum atomic E-state index is -7.17. The first-order valence-electron chi connectivity index (χ1n) is 13.4. The minimum Gasteiger partial charge on any atom is -0.377 e. The van der Waals surface area contributed by atoms with Crippen molar-refractivity contribution in [2.45, 2.75) is 119 Å². The molecule has 0 aliphatic heterocycles. The first-order valence-corrected chi connectivity index (χ1v) is 16.2. The van der Waals surface area contributed by atoms with Crippen molar-refractivity contribution in [3.63, 3.8) is 0 Å². The number of alkyl halides is 6. The second-order valence-corrected chi connectivity index (χ2v) is 13.4. The van der Waals surface area contributed by atoms with Crippen LogP contribution in [0.2, 0.25) is 0 Å². The molecule has 2 aliphatic rings. The van der Waals surface area contributed by atoms with Gasteiger partial charge >= 0.3 is 36.7 Å². The van der Waals surface area contributed by atoms with E-state index in [4.69, 9.17) is 14.0 Å². The van der Waals surface area contributed by atoms with Gasteiger partial charge in [-0.05, 0) is 49.8 Å². The minimum absolute atomic E-state index is 0.124. The van der Waals surface area contributed by atoms with Gasteiger partial charge in [0.15, 0.2) is 5.75 Å². The number of benzene rings is 1. The third kappa shape index (κ3) is 7.31. The van der Waals surface area contributed by atoms with Gasteiger partial charge in [0.2, 0.25) is 0 Å². The SMILES string of the molecule is CCc1cc(COC2CCCCC2)c(OS(=O)(=O)C(F)(F)C(F)(F)C(F)(F)S(=O)(=O)O)c(COC2CCCCC2)c1. The molecule has 0 bridgehead atoms. The van der Waals surface area contributed by atoms with Gasteiger partial charge in [-0.1, -0.05) is 45.4 Å². The van der Waals surface area contributed by atoms with Crippen molar-refractivity contribution in [2.24, 2.45) is 0 Å². The summed E-state index contributed by atoms with van der Waals surface area (Å²) in [5, 5.41) is -13.7. The highest BCUT2D eigenvalue weighted by atomic mass is 32.2. The maximum Gasteiger partial charge on any atom is 0.450 e. The fourth-order valence-corrected chi connectivity index (χ4v) is 6.38. The molecule has 2 fully saturated rings. The molecule has 0 atom stereocenters. The van der Waals surface area contributed by atoms with Gasteiger partial charge in [-0.2, -0.15) is 43.2 Å². The quantitative estimate of drug-likeness (QED) is 0.150. The highest BCUT2D eigenvalue weighted by Crippen LogP contribution is 2.51. The zero-order valence-electron chi connectivity index (χ0n) is 22.4. The summed E-state index contributed by atoms with van der Waals surface area (Å²) in [4.78, 5) is 0. The molecule has 2 saturated carbocycles. The Hall–Kier alpha value is -1.62. The molecule has 1 aromatic rings. The van der Waals surface area contributed by atoms with Gasteiger partial charge in [0.05, 0.1) is 25.4 Å². The average molecular weight is 641 g/mol. The Balaban J connectivity index is 2.03. The summed E-state index contributed by atoms with van der Waals surface area (Å²) in [5.41, 5.74) is 0.331. The van der Waals surface area contributed by atoms with Crippen molar-refractivity contribution >= 4 is 20.2 Å². The molecule has 41 heavy (non-hydrogen) atoms. The third-order valence-corrected chi connectivity index (χ3v) is 9.50. The predicted molar refractivity (Wildman–Crippen MR) is 135 cm³/mol. The Kier molecular flexibility index (Phi) is 10.7. The van der Waals surface area contributed by atoms with Crippen LogP contribution in [0.3, 0.4) is 0 Å². The Bertz CT molecular complexity index is 1220. The van der Waals surface area contributed by atoms with Crippen LogP contribution in [-0.2, 0) is 49.3 Å². The maximum absolute atomic E-state index is 14.7. The molecule has 1 aromatic carbocycles. The molecule has 3 rings (SSSR count). The molecule has 0 spiro atoms. The Morgan fingerprint density at radius 1 is 0.756 bits per heavy atom. The van der Waals surface area contributed by atoms with Crippen molar-refractivity contribution in [3.8, 4) is 5.75 Å². The van der Waals surface area contributed by atoms with E-state index in [9.17, 15) is 43.2 Å². The maximum atomic E-state index is 14.7. The van der Waals surface area contributed by atoms with Crippen molar-refractivity contribution in [3.05, 3.63) is 28.8 Å². The molecular formula is C25H34F6O8S2. The van der Waals surface area contributed by atoms with E-state index in [1.165, 1.54) is 12.1 Å². The van der Waals surface area contributed by atoms with E-state index in [1.54, 1.807) is 6.92 Å². The lowest BCUT2D eigenvalue weighted by atomic mass is 9.97. The van der Waals surface area contributed by atoms with Gasteiger partial charge in [0, 0.05) is 11.1 Å². The number of halogens is 6. The molecule has 1 N–H and O–H groups in total. The molecule has 8 nitrogen and oxygen atoms in total. The molecule has 2 aliphatic carbocycles. The Labute approximate surface area is 235 Å². The van der Waals surface area contributed by atoms with Gasteiger partial charge < -0.3 is 13.7 Å². The summed E-state index contributed by atoms with van der Waals surface area (Å²) in [5.74, 6) is -7.98. The molecule has 0 unspecified atom stereocenters. The summed E-state index contributed by atoms with van der Waals surface area (Å²) in [7, 11) is -14.2. The molecule has 0 amide bonds. The third-order valence-electron chi connectivity index (χ3n) is 7.33. The van der Waals surface area contributed by atoms with E-state index in [1.807, 2.05) is 0 Å². The van der Waals surface area contributed by atoms with Crippen LogP contribution in [0.4, 0.5) is 26.3 Å². The summed E-state index contributed by atoms with van der Waals surface area (Å²) >= 11 is 0. The summed E-state index contributed by atoms with van der Waals surface area (Å²) in [6, 6.07) is 2.72. The highest BCUT2D eigenvalue weighted by molar-refractivity contribution is 7.88. The van der Waals surface area contributed by atoms with Gasteiger partial charge in [0.1, 0.15) is 0 Å². The van der Waals surface area contributed by atoms with Crippen LogP contribution in [0.1, 0.15) is 87.8 Å². The highest BCUT2D eigenvalue weighted by Gasteiger charge is 2.83. The van der Waals surface area contributed by atoms with Gasteiger partial charge in [-0.3, -0.25) is 4.55 Å².